The van der Waals surface area contributed by atoms with E-state index in [1.807, 2.05) is 54.6 Å². The first-order valence-corrected chi connectivity index (χ1v) is 11.4. The predicted molar refractivity (Wildman–Crippen MR) is 124 cm³/mol. The topological polar surface area (TPSA) is 84.9 Å². The van der Waals surface area contributed by atoms with Gasteiger partial charge in [0.05, 0.1) is 7.11 Å². The Morgan fingerprint density at radius 3 is 2.31 bits per heavy atom. The molecule has 0 unspecified atom stereocenters. The zero-order valence-corrected chi connectivity index (χ0v) is 19.1. The molecule has 1 N–H and O–H groups in total. The van der Waals surface area contributed by atoms with Crippen molar-refractivity contribution < 1.29 is 22.7 Å². The van der Waals surface area contributed by atoms with E-state index < -0.39 is 15.9 Å². The zero-order valence-electron chi connectivity index (χ0n) is 18.2. The number of anilines is 1. The summed E-state index contributed by atoms with van der Waals surface area (Å²) in [4.78, 5) is 12.4. The van der Waals surface area contributed by atoms with Crippen LogP contribution in [0.2, 0.25) is 0 Å². The number of carbonyl (C=O) groups excluding carboxylic acids is 1. The Balaban J connectivity index is 1.70. The molecule has 0 bridgehead atoms. The maximum atomic E-state index is 12.6. The molecule has 0 radical (unpaired) electrons. The first kappa shape index (κ1) is 23.3. The van der Waals surface area contributed by atoms with E-state index in [2.05, 4.69) is 5.32 Å². The highest BCUT2D eigenvalue weighted by Gasteiger charge is 2.23. The van der Waals surface area contributed by atoms with Crippen molar-refractivity contribution in [3.63, 3.8) is 0 Å². The van der Waals surface area contributed by atoms with E-state index in [0.29, 0.717) is 17.9 Å². The van der Waals surface area contributed by atoms with E-state index in [4.69, 9.17) is 9.47 Å². The summed E-state index contributed by atoms with van der Waals surface area (Å²) in [6.45, 7) is -0.215. The lowest BCUT2D eigenvalue weighted by Crippen LogP contribution is -2.24. The van der Waals surface area contributed by atoms with E-state index in [0.717, 1.165) is 15.4 Å². The minimum atomic E-state index is -3.74. The number of ether oxygens (including phenoxy) is 2. The van der Waals surface area contributed by atoms with Gasteiger partial charge in [0.25, 0.3) is 5.91 Å². The third-order valence-corrected chi connectivity index (χ3v) is 6.61. The Labute approximate surface area is 188 Å². The highest BCUT2D eigenvalue weighted by atomic mass is 32.2. The van der Waals surface area contributed by atoms with Gasteiger partial charge in [-0.15, -0.1) is 0 Å². The highest BCUT2D eigenvalue weighted by Crippen LogP contribution is 2.29. The van der Waals surface area contributed by atoms with Gasteiger partial charge in [-0.05, 0) is 35.4 Å². The summed E-state index contributed by atoms with van der Waals surface area (Å²) in [6, 6.07) is 22.0. The molecule has 168 valence electrons. The summed E-state index contributed by atoms with van der Waals surface area (Å²) in [5.74, 6) is 0.415. The van der Waals surface area contributed by atoms with Gasteiger partial charge in [-0.2, -0.15) is 0 Å². The van der Waals surface area contributed by atoms with E-state index in [1.54, 1.807) is 6.07 Å². The summed E-state index contributed by atoms with van der Waals surface area (Å²) in [5.41, 5.74) is 2.44. The van der Waals surface area contributed by atoms with Crippen molar-refractivity contribution in [3.05, 3.63) is 83.9 Å². The molecule has 0 fully saturated rings. The number of hydrogen-bond acceptors (Lipinski definition) is 5. The van der Waals surface area contributed by atoms with Crippen molar-refractivity contribution in [2.75, 3.05) is 33.1 Å². The summed E-state index contributed by atoms with van der Waals surface area (Å²) < 4.78 is 37.1. The maximum absolute atomic E-state index is 12.6. The van der Waals surface area contributed by atoms with Gasteiger partial charge in [0, 0.05) is 26.2 Å². The fourth-order valence-electron chi connectivity index (χ4n) is 3.10. The molecule has 8 heteroatoms. The Kier molecular flexibility index (Phi) is 7.50. The fraction of sp³-hybridized carbons (Fsp3) is 0.208. The molecule has 3 rings (SSSR count). The Bertz CT molecular complexity index is 1180. The van der Waals surface area contributed by atoms with Crippen molar-refractivity contribution in [1.29, 1.82) is 0 Å². The highest BCUT2D eigenvalue weighted by molar-refractivity contribution is 7.89. The number of para-hydroxylation sites is 1. The molecule has 0 spiro atoms. The average molecular weight is 455 g/mol. The minimum absolute atomic E-state index is 0.0306. The number of rotatable bonds is 9. The number of hydrogen-bond donors (Lipinski definition) is 1. The van der Waals surface area contributed by atoms with Gasteiger partial charge in [0.2, 0.25) is 10.0 Å². The third-order valence-electron chi connectivity index (χ3n) is 4.77. The van der Waals surface area contributed by atoms with Crippen LogP contribution in [0.5, 0.6) is 11.5 Å². The third kappa shape index (κ3) is 5.66. The number of methoxy groups -OCH3 is 1. The number of amides is 1. The number of carbonyl (C=O) groups is 1. The lowest BCUT2D eigenvalue weighted by atomic mass is 10.0. The fourth-order valence-corrected chi connectivity index (χ4v) is 4.17. The summed E-state index contributed by atoms with van der Waals surface area (Å²) in [7, 11) is 0.512. The lowest BCUT2D eigenvalue weighted by Gasteiger charge is -2.16. The quantitative estimate of drug-likeness (QED) is 0.535. The molecular weight excluding hydrogens is 428 g/mol. The summed E-state index contributed by atoms with van der Waals surface area (Å²) >= 11 is 0. The lowest BCUT2D eigenvalue weighted by molar-refractivity contribution is -0.118. The van der Waals surface area contributed by atoms with E-state index in [-0.39, 0.29) is 17.3 Å². The molecule has 3 aromatic carbocycles. The monoisotopic (exact) mass is 454 g/mol. The second kappa shape index (κ2) is 10.3. The SMILES string of the molecule is COc1ccc(NC(=O)COc2ccccc2Cc2ccccc2)cc1S(=O)(=O)N(C)C. The van der Waals surface area contributed by atoms with E-state index in [9.17, 15) is 13.2 Å². The van der Waals surface area contributed by atoms with Gasteiger partial charge in [-0.25, -0.2) is 12.7 Å². The van der Waals surface area contributed by atoms with Crippen LogP contribution in [0.25, 0.3) is 0 Å². The van der Waals surface area contributed by atoms with Crippen molar-refractivity contribution in [1.82, 2.24) is 4.31 Å². The van der Waals surface area contributed by atoms with Crippen LogP contribution >= 0.6 is 0 Å². The van der Waals surface area contributed by atoms with Crippen LogP contribution in [-0.2, 0) is 21.2 Å². The van der Waals surface area contributed by atoms with Crippen molar-refractivity contribution >= 4 is 21.6 Å². The van der Waals surface area contributed by atoms with Gasteiger partial charge < -0.3 is 14.8 Å². The molecule has 0 aromatic heterocycles. The molecule has 0 aliphatic heterocycles. The summed E-state index contributed by atoms with van der Waals surface area (Å²) in [6.07, 6.45) is 0.683. The smallest absolute Gasteiger partial charge is 0.262 e. The number of benzene rings is 3. The van der Waals surface area contributed by atoms with Gasteiger partial charge in [-0.1, -0.05) is 48.5 Å². The van der Waals surface area contributed by atoms with Crippen LogP contribution in [0, 0.1) is 0 Å². The standard InChI is InChI=1S/C24H26N2O5S/c1-26(2)32(28,29)23-16-20(13-14-22(23)30-3)25-24(27)17-31-21-12-8-7-11-19(21)15-18-9-5-4-6-10-18/h4-14,16H,15,17H2,1-3H3,(H,25,27). The number of nitrogens with one attached hydrogen (secondary N) is 1. The largest absolute Gasteiger partial charge is 0.495 e. The Hall–Kier alpha value is -3.36. The molecule has 1 amide bonds. The van der Waals surface area contributed by atoms with Gasteiger partial charge in [0.1, 0.15) is 16.4 Å². The maximum Gasteiger partial charge on any atom is 0.262 e. The first-order valence-electron chi connectivity index (χ1n) is 9.96. The molecule has 0 saturated heterocycles. The molecular formula is C24H26N2O5S. The first-order chi connectivity index (χ1) is 15.3. The molecule has 0 atom stereocenters. The molecule has 0 aliphatic rings. The van der Waals surface area contributed by atoms with E-state index in [1.165, 1.54) is 33.3 Å². The van der Waals surface area contributed by atoms with Gasteiger partial charge in [-0.3, -0.25) is 4.79 Å². The van der Waals surface area contributed by atoms with Crippen LogP contribution in [0.4, 0.5) is 5.69 Å². The molecule has 0 heterocycles. The Morgan fingerprint density at radius 2 is 1.62 bits per heavy atom. The van der Waals surface area contributed by atoms with Crippen molar-refractivity contribution in [3.8, 4) is 11.5 Å². The molecule has 0 saturated carbocycles. The van der Waals surface area contributed by atoms with Gasteiger partial charge in [0.15, 0.2) is 6.61 Å². The second-order valence-corrected chi connectivity index (χ2v) is 9.38. The minimum Gasteiger partial charge on any atom is -0.495 e. The zero-order chi connectivity index (χ0) is 23.1. The van der Waals surface area contributed by atoms with Crippen molar-refractivity contribution in [2.45, 2.75) is 11.3 Å². The normalized spacial score (nSPS) is 11.2. The Morgan fingerprint density at radius 1 is 0.938 bits per heavy atom. The number of sulfonamides is 1. The average Bonchev–Trinajstić information content (AvgIpc) is 2.79. The van der Waals surface area contributed by atoms with Crippen LogP contribution < -0.4 is 14.8 Å². The molecule has 3 aromatic rings. The van der Waals surface area contributed by atoms with Crippen molar-refractivity contribution in [2.24, 2.45) is 0 Å². The molecule has 32 heavy (non-hydrogen) atoms. The van der Waals surface area contributed by atoms with Crippen LogP contribution in [-0.4, -0.2) is 46.4 Å². The number of nitrogens with zero attached hydrogens (tertiary/aromatic N) is 1. The van der Waals surface area contributed by atoms with Crippen LogP contribution in [0.3, 0.4) is 0 Å². The second-order valence-electron chi connectivity index (χ2n) is 7.26. The molecule has 0 aliphatic carbocycles. The predicted octanol–water partition coefficient (Wildman–Crippen LogP) is 3.55. The summed E-state index contributed by atoms with van der Waals surface area (Å²) in [5, 5.41) is 2.68. The van der Waals surface area contributed by atoms with Crippen LogP contribution in [0.15, 0.2) is 77.7 Å². The van der Waals surface area contributed by atoms with E-state index >= 15 is 0 Å². The molecule has 7 nitrogen and oxygen atoms in total. The van der Waals surface area contributed by atoms with Crippen LogP contribution in [0.1, 0.15) is 11.1 Å². The van der Waals surface area contributed by atoms with Gasteiger partial charge >= 0.3 is 0 Å².